The normalized spacial score (nSPS) is 20.1. The first-order chi connectivity index (χ1) is 18.8. The van der Waals surface area contributed by atoms with E-state index in [2.05, 4.69) is 86.8 Å². The number of benzene rings is 2. The molecule has 11 heteroatoms. The summed E-state index contributed by atoms with van der Waals surface area (Å²) >= 11 is 6.83. The van der Waals surface area contributed by atoms with Gasteiger partial charge >= 0.3 is 0 Å². The van der Waals surface area contributed by atoms with E-state index in [1.165, 1.54) is 23.3 Å². The molecule has 2 aliphatic rings. The Hall–Kier alpha value is -1.79. The van der Waals surface area contributed by atoms with Crippen molar-refractivity contribution >= 4 is 53.7 Å². The van der Waals surface area contributed by atoms with E-state index in [0.717, 1.165) is 47.8 Å². The van der Waals surface area contributed by atoms with Crippen LogP contribution in [0.5, 0.6) is 0 Å². The van der Waals surface area contributed by atoms with Crippen LogP contribution in [0.3, 0.4) is 0 Å². The minimum atomic E-state index is -4.03. The molecule has 4 rings (SSSR count). The molecule has 2 amide bonds. The third-order valence-corrected chi connectivity index (χ3v) is 10.9. The summed E-state index contributed by atoms with van der Waals surface area (Å²) in [5, 5.41) is 9.33. The molecule has 1 aliphatic carbocycles. The zero-order valence-electron chi connectivity index (χ0n) is 23.4. The Kier molecular flexibility index (Phi) is 9.82. The van der Waals surface area contributed by atoms with E-state index in [-0.39, 0.29) is 41.8 Å². The van der Waals surface area contributed by atoms with Crippen LogP contribution in [0.4, 0.5) is 0 Å². The first-order valence-corrected chi connectivity index (χ1v) is 16.7. The van der Waals surface area contributed by atoms with Crippen LogP contribution >= 0.6 is 31.9 Å². The average molecular weight is 699 g/mol. The minimum absolute atomic E-state index is 0.0611. The highest BCUT2D eigenvalue weighted by atomic mass is 79.9. The molecule has 0 bridgehead atoms. The van der Waals surface area contributed by atoms with Gasteiger partial charge in [0, 0.05) is 35.1 Å². The monoisotopic (exact) mass is 696 g/mol. The lowest BCUT2D eigenvalue weighted by molar-refractivity contribution is -0.132. The van der Waals surface area contributed by atoms with E-state index >= 15 is 0 Å². The summed E-state index contributed by atoms with van der Waals surface area (Å²) in [4.78, 5) is 26.2. The highest BCUT2D eigenvalue weighted by molar-refractivity contribution is 9.11. The van der Waals surface area contributed by atoms with Gasteiger partial charge in [-0.05, 0) is 66.0 Å². The van der Waals surface area contributed by atoms with E-state index in [1.807, 2.05) is 6.92 Å². The highest BCUT2D eigenvalue weighted by Gasteiger charge is 2.40. The van der Waals surface area contributed by atoms with Crippen molar-refractivity contribution in [3.05, 3.63) is 61.5 Å². The fourth-order valence-electron chi connectivity index (χ4n) is 5.22. The van der Waals surface area contributed by atoms with E-state index in [1.54, 1.807) is 0 Å². The van der Waals surface area contributed by atoms with Crippen molar-refractivity contribution in [1.82, 2.24) is 20.3 Å². The molecule has 1 heterocycles. The fraction of sp³-hybridized carbons (Fsp3) is 0.517. The van der Waals surface area contributed by atoms with Crippen molar-refractivity contribution in [2.45, 2.75) is 76.9 Å². The molecule has 1 aliphatic heterocycles. The van der Waals surface area contributed by atoms with Crippen LogP contribution in [-0.4, -0.2) is 50.2 Å². The van der Waals surface area contributed by atoms with Crippen molar-refractivity contribution in [2.24, 2.45) is 5.41 Å². The summed E-state index contributed by atoms with van der Waals surface area (Å²) in [5.41, 5.74) is 4.60. The van der Waals surface area contributed by atoms with Crippen LogP contribution in [0.25, 0.3) is 0 Å². The lowest BCUT2D eigenvalue weighted by atomic mass is 9.86. The summed E-state index contributed by atoms with van der Waals surface area (Å²) in [6.07, 6.45) is 2.44. The molecule has 1 saturated heterocycles. The Balaban J connectivity index is 1.47. The summed E-state index contributed by atoms with van der Waals surface area (Å²) in [7, 11) is -4.03. The van der Waals surface area contributed by atoms with Gasteiger partial charge in [0.05, 0.1) is 17.4 Å². The maximum atomic E-state index is 13.6. The van der Waals surface area contributed by atoms with Gasteiger partial charge in [0.1, 0.15) is 6.04 Å². The largest absolute Gasteiger partial charge is 0.353 e. The third-order valence-electron chi connectivity index (χ3n) is 7.36. The smallest absolute Gasteiger partial charge is 0.243 e. The molecule has 3 N–H and O–H groups in total. The quantitative estimate of drug-likeness (QED) is 0.370. The summed E-state index contributed by atoms with van der Waals surface area (Å²) < 4.78 is 29.7. The van der Waals surface area contributed by atoms with E-state index in [0.29, 0.717) is 8.95 Å². The second-order valence-electron chi connectivity index (χ2n) is 11.8. The predicted molar refractivity (Wildman–Crippen MR) is 163 cm³/mol. The second-order valence-corrected chi connectivity index (χ2v) is 15.4. The number of piperazine rings is 1. The molecule has 1 fully saturated rings. The van der Waals surface area contributed by atoms with Crippen LogP contribution in [0.15, 0.2) is 44.2 Å². The van der Waals surface area contributed by atoms with Crippen LogP contribution in [-0.2, 0) is 32.6 Å². The number of halogens is 2. The number of nitrogens with zero attached hydrogens (tertiary/aromatic N) is 1. The SMILES string of the molecule is Cc1c(Br)cc(S(=O)(=O)N2CCNC(=O)[C@H]2CC(=O)N[C@@H]2CCCc3cc(CNCC(C)(C)C)ccc32)cc1Br. The van der Waals surface area contributed by atoms with Crippen molar-refractivity contribution in [3.63, 3.8) is 0 Å². The first-order valence-electron chi connectivity index (χ1n) is 13.6. The molecule has 0 radical (unpaired) electrons. The highest BCUT2D eigenvalue weighted by Crippen LogP contribution is 2.33. The van der Waals surface area contributed by atoms with Gasteiger partial charge in [-0.1, -0.05) is 70.8 Å². The maximum absolute atomic E-state index is 13.6. The zero-order valence-corrected chi connectivity index (χ0v) is 27.4. The van der Waals surface area contributed by atoms with Gasteiger partial charge in [-0.3, -0.25) is 9.59 Å². The molecule has 2 aromatic rings. The van der Waals surface area contributed by atoms with Gasteiger partial charge in [0.2, 0.25) is 21.8 Å². The number of sulfonamides is 1. The third kappa shape index (κ3) is 7.34. The standard InChI is InChI=1S/C29H38Br2N4O4S/c1-18-23(30)13-21(14-24(18)31)40(38,39)35-11-10-33-28(37)26(35)15-27(36)34-25-7-5-6-20-12-19(8-9-22(20)25)16-32-17-29(2,3)4/h8-9,12-14,25-26,32H,5-7,10-11,15-17H2,1-4H3,(H,33,37)(H,34,36)/t25-,26-/m1/s1. The Bertz CT molecular complexity index is 1370. The number of hydrogen-bond acceptors (Lipinski definition) is 5. The van der Waals surface area contributed by atoms with E-state index in [9.17, 15) is 18.0 Å². The van der Waals surface area contributed by atoms with Gasteiger partial charge in [0.15, 0.2) is 0 Å². The number of aryl methyl sites for hydroxylation is 1. The number of hydrogen-bond donors (Lipinski definition) is 3. The molecule has 2 aromatic carbocycles. The van der Waals surface area contributed by atoms with Crippen LogP contribution in [0, 0.1) is 12.3 Å². The lowest BCUT2D eigenvalue weighted by Gasteiger charge is -2.34. The van der Waals surface area contributed by atoms with Gasteiger partial charge in [-0.15, -0.1) is 0 Å². The lowest BCUT2D eigenvalue weighted by Crippen LogP contribution is -2.58. The van der Waals surface area contributed by atoms with Gasteiger partial charge < -0.3 is 16.0 Å². The summed E-state index contributed by atoms with van der Waals surface area (Å²) in [6.45, 7) is 10.4. The Morgan fingerprint density at radius 2 is 1.85 bits per heavy atom. The number of carbonyl (C=O) groups is 2. The number of amides is 2. The molecule has 0 aromatic heterocycles. The molecule has 40 heavy (non-hydrogen) atoms. The molecular weight excluding hydrogens is 660 g/mol. The first kappa shape index (κ1) is 31.2. The number of fused-ring (bicyclic) bond motifs is 1. The maximum Gasteiger partial charge on any atom is 0.243 e. The molecular formula is C29H38Br2N4O4S. The molecule has 0 saturated carbocycles. The Labute approximate surface area is 254 Å². The topological polar surface area (TPSA) is 108 Å². The average Bonchev–Trinajstić information content (AvgIpc) is 2.87. The number of nitrogens with one attached hydrogen (secondary N) is 3. The molecule has 2 atom stereocenters. The van der Waals surface area contributed by atoms with Gasteiger partial charge in [0.25, 0.3) is 0 Å². The fourth-order valence-corrected chi connectivity index (χ4v) is 8.35. The van der Waals surface area contributed by atoms with Crippen LogP contribution < -0.4 is 16.0 Å². The van der Waals surface area contributed by atoms with Crippen LogP contribution in [0.1, 0.15) is 68.3 Å². The van der Waals surface area contributed by atoms with Crippen molar-refractivity contribution in [2.75, 3.05) is 19.6 Å². The second kappa shape index (κ2) is 12.6. The molecule has 0 spiro atoms. The van der Waals surface area contributed by atoms with E-state index in [4.69, 9.17) is 0 Å². The van der Waals surface area contributed by atoms with Gasteiger partial charge in [-0.2, -0.15) is 4.31 Å². The molecule has 0 unspecified atom stereocenters. The van der Waals surface area contributed by atoms with Crippen molar-refractivity contribution in [1.29, 1.82) is 0 Å². The summed E-state index contributed by atoms with van der Waals surface area (Å²) in [5.74, 6) is -0.811. The zero-order chi connectivity index (χ0) is 29.2. The Morgan fingerprint density at radius 3 is 2.52 bits per heavy atom. The van der Waals surface area contributed by atoms with Crippen LogP contribution in [0.2, 0.25) is 0 Å². The predicted octanol–water partition coefficient (Wildman–Crippen LogP) is 4.73. The van der Waals surface area contributed by atoms with Gasteiger partial charge in [-0.25, -0.2) is 8.42 Å². The number of rotatable bonds is 8. The molecule has 218 valence electrons. The van der Waals surface area contributed by atoms with Crippen molar-refractivity contribution in [3.8, 4) is 0 Å². The van der Waals surface area contributed by atoms with E-state index < -0.39 is 22.0 Å². The minimum Gasteiger partial charge on any atom is -0.353 e. The Morgan fingerprint density at radius 1 is 1.15 bits per heavy atom. The summed E-state index contributed by atoms with van der Waals surface area (Å²) in [6, 6.07) is 8.16. The number of carbonyl (C=O) groups excluding carboxylic acids is 2. The molecule has 8 nitrogen and oxygen atoms in total. The van der Waals surface area contributed by atoms with Crippen molar-refractivity contribution < 1.29 is 18.0 Å².